The first-order chi connectivity index (χ1) is 6.63. The van der Waals surface area contributed by atoms with Crippen LogP contribution in [0.2, 0.25) is 0 Å². The molecular formula is C11H18N2S. The van der Waals surface area contributed by atoms with Gasteiger partial charge in [-0.1, -0.05) is 6.08 Å². The van der Waals surface area contributed by atoms with Crippen LogP contribution in [0.3, 0.4) is 0 Å². The van der Waals surface area contributed by atoms with Crippen molar-refractivity contribution in [2.75, 3.05) is 0 Å². The molecule has 14 heavy (non-hydrogen) atoms. The van der Waals surface area contributed by atoms with E-state index >= 15 is 0 Å². The van der Waals surface area contributed by atoms with Crippen LogP contribution in [0.5, 0.6) is 0 Å². The summed E-state index contributed by atoms with van der Waals surface area (Å²) in [6.07, 6.45) is 2.93. The molecule has 2 nitrogen and oxygen atoms in total. The van der Waals surface area contributed by atoms with Gasteiger partial charge in [-0.3, -0.25) is 0 Å². The van der Waals surface area contributed by atoms with Crippen molar-refractivity contribution in [3.63, 3.8) is 0 Å². The number of hydrogen-bond donors (Lipinski definition) is 1. The number of thiazole rings is 1. The molecule has 0 saturated carbocycles. The summed E-state index contributed by atoms with van der Waals surface area (Å²) in [7, 11) is 0. The van der Waals surface area contributed by atoms with E-state index in [2.05, 4.69) is 36.1 Å². The number of aromatic nitrogens is 1. The van der Waals surface area contributed by atoms with Crippen molar-refractivity contribution in [3.05, 3.63) is 28.7 Å². The Morgan fingerprint density at radius 2 is 2.36 bits per heavy atom. The first kappa shape index (κ1) is 11.4. The Labute approximate surface area is 90.1 Å². The molecule has 2 atom stereocenters. The van der Waals surface area contributed by atoms with E-state index in [-0.39, 0.29) is 0 Å². The summed E-state index contributed by atoms with van der Waals surface area (Å²) in [5.74, 6) is 0. The SMILES string of the molecule is C=CCC(C)NC(C)c1csc(C)n1. The van der Waals surface area contributed by atoms with Crippen LogP contribution < -0.4 is 5.32 Å². The maximum atomic E-state index is 4.45. The van der Waals surface area contributed by atoms with Crippen LogP contribution in [0.4, 0.5) is 0 Å². The monoisotopic (exact) mass is 210 g/mol. The zero-order valence-corrected chi connectivity index (χ0v) is 9.90. The van der Waals surface area contributed by atoms with E-state index in [0.29, 0.717) is 12.1 Å². The van der Waals surface area contributed by atoms with Crippen molar-refractivity contribution in [2.45, 2.75) is 39.3 Å². The summed E-state index contributed by atoms with van der Waals surface area (Å²) in [6, 6.07) is 0.791. The molecule has 0 aliphatic rings. The lowest BCUT2D eigenvalue weighted by Gasteiger charge is -2.17. The Balaban J connectivity index is 2.49. The lowest BCUT2D eigenvalue weighted by atomic mass is 10.2. The predicted octanol–water partition coefficient (Wildman–Crippen LogP) is 3.07. The Kier molecular flexibility index (Phi) is 4.29. The molecule has 0 aliphatic heterocycles. The molecular weight excluding hydrogens is 192 g/mol. The van der Waals surface area contributed by atoms with Crippen molar-refractivity contribution in [1.82, 2.24) is 10.3 Å². The van der Waals surface area contributed by atoms with Gasteiger partial charge in [0, 0.05) is 17.5 Å². The summed E-state index contributed by atoms with van der Waals surface area (Å²) >= 11 is 1.70. The average molecular weight is 210 g/mol. The van der Waals surface area contributed by atoms with Gasteiger partial charge in [-0.25, -0.2) is 4.98 Å². The van der Waals surface area contributed by atoms with E-state index in [1.54, 1.807) is 11.3 Å². The third-order valence-corrected chi connectivity index (χ3v) is 2.93. The normalized spacial score (nSPS) is 15.1. The smallest absolute Gasteiger partial charge is 0.0898 e. The van der Waals surface area contributed by atoms with Gasteiger partial charge in [0.1, 0.15) is 0 Å². The number of hydrogen-bond acceptors (Lipinski definition) is 3. The molecule has 3 heteroatoms. The number of nitrogens with zero attached hydrogens (tertiary/aromatic N) is 1. The molecule has 0 aromatic carbocycles. The molecule has 0 saturated heterocycles. The van der Waals surface area contributed by atoms with Gasteiger partial charge in [0.05, 0.1) is 10.7 Å². The van der Waals surface area contributed by atoms with E-state index in [0.717, 1.165) is 17.1 Å². The minimum absolute atomic E-state index is 0.329. The third-order valence-electron chi connectivity index (χ3n) is 2.14. The molecule has 0 fully saturated rings. The van der Waals surface area contributed by atoms with Gasteiger partial charge in [0.2, 0.25) is 0 Å². The third kappa shape index (κ3) is 3.24. The second-order valence-corrected chi connectivity index (χ2v) is 4.67. The zero-order chi connectivity index (χ0) is 10.6. The maximum absolute atomic E-state index is 4.45. The molecule has 78 valence electrons. The minimum atomic E-state index is 0.329. The van der Waals surface area contributed by atoms with Crippen LogP contribution in [-0.2, 0) is 0 Å². The van der Waals surface area contributed by atoms with E-state index in [9.17, 15) is 0 Å². The second kappa shape index (κ2) is 5.27. The molecule has 1 aromatic heterocycles. The molecule has 1 rings (SSSR count). The van der Waals surface area contributed by atoms with Crippen LogP contribution >= 0.6 is 11.3 Å². The van der Waals surface area contributed by atoms with Crippen molar-refractivity contribution < 1.29 is 0 Å². The molecule has 0 radical (unpaired) electrons. The van der Waals surface area contributed by atoms with E-state index < -0.39 is 0 Å². The van der Waals surface area contributed by atoms with Gasteiger partial charge in [-0.2, -0.15) is 0 Å². The number of aryl methyl sites for hydroxylation is 1. The number of rotatable bonds is 5. The van der Waals surface area contributed by atoms with E-state index in [4.69, 9.17) is 0 Å². The summed E-state index contributed by atoms with van der Waals surface area (Å²) < 4.78 is 0. The highest BCUT2D eigenvalue weighted by Gasteiger charge is 2.10. The van der Waals surface area contributed by atoms with Gasteiger partial charge < -0.3 is 5.32 Å². The average Bonchev–Trinajstić information content (AvgIpc) is 2.52. The molecule has 0 spiro atoms. The molecule has 0 bridgehead atoms. The predicted molar refractivity (Wildman–Crippen MR) is 62.7 cm³/mol. The fraction of sp³-hybridized carbons (Fsp3) is 0.545. The van der Waals surface area contributed by atoms with Crippen molar-refractivity contribution in [1.29, 1.82) is 0 Å². The molecule has 0 amide bonds. The van der Waals surface area contributed by atoms with E-state index in [1.807, 2.05) is 13.0 Å². The molecule has 0 aliphatic carbocycles. The van der Waals surface area contributed by atoms with Crippen molar-refractivity contribution in [2.24, 2.45) is 0 Å². The van der Waals surface area contributed by atoms with E-state index in [1.165, 1.54) is 0 Å². The highest BCUT2D eigenvalue weighted by Crippen LogP contribution is 2.16. The Bertz CT molecular complexity index is 293. The highest BCUT2D eigenvalue weighted by molar-refractivity contribution is 7.09. The first-order valence-electron chi connectivity index (χ1n) is 4.92. The van der Waals surface area contributed by atoms with Gasteiger partial charge >= 0.3 is 0 Å². The maximum Gasteiger partial charge on any atom is 0.0898 e. The molecule has 1 aromatic rings. The van der Waals surface area contributed by atoms with Crippen LogP contribution in [0, 0.1) is 6.92 Å². The standard InChI is InChI=1S/C11H18N2S/c1-5-6-8(2)12-9(3)11-7-14-10(4)13-11/h5,7-9,12H,1,6H2,2-4H3. The van der Waals surface area contributed by atoms with Gasteiger partial charge in [-0.05, 0) is 27.2 Å². The van der Waals surface area contributed by atoms with Gasteiger partial charge in [-0.15, -0.1) is 17.9 Å². The van der Waals surface area contributed by atoms with Crippen molar-refractivity contribution >= 4 is 11.3 Å². The van der Waals surface area contributed by atoms with Crippen LogP contribution in [0.25, 0.3) is 0 Å². The van der Waals surface area contributed by atoms with Crippen LogP contribution in [-0.4, -0.2) is 11.0 Å². The van der Waals surface area contributed by atoms with Gasteiger partial charge in [0.15, 0.2) is 0 Å². The fourth-order valence-corrected chi connectivity index (χ4v) is 2.12. The summed E-state index contributed by atoms with van der Waals surface area (Å²) in [5, 5.41) is 6.73. The summed E-state index contributed by atoms with van der Waals surface area (Å²) in [6.45, 7) is 10.1. The lowest BCUT2D eigenvalue weighted by Crippen LogP contribution is -2.28. The Morgan fingerprint density at radius 3 is 2.86 bits per heavy atom. The summed E-state index contributed by atoms with van der Waals surface area (Å²) in [5.41, 5.74) is 1.14. The van der Waals surface area contributed by atoms with Gasteiger partial charge in [0.25, 0.3) is 0 Å². The van der Waals surface area contributed by atoms with Crippen molar-refractivity contribution in [3.8, 4) is 0 Å². The summed E-state index contributed by atoms with van der Waals surface area (Å²) in [4.78, 5) is 4.45. The fourth-order valence-electron chi connectivity index (χ4n) is 1.41. The lowest BCUT2D eigenvalue weighted by molar-refractivity contribution is 0.476. The zero-order valence-electron chi connectivity index (χ0n) is 9.08. The Morgan fingerprint density at radius 1 is 1.64 bits per heavy atom. The van der Waals surface area contributed by atoms with Crippen LogP contribution in [0.15, 0.2) is 18.0 Å². The second-order valence-electron chi connectivity index (χ2n) is 3.61. The largest absolute Gasteiger partial charge is 0.306 e. The highest BCUT2D eigenvalue weighted by atomic mass is 32.1. The topological polar surface area (TPSA) is 24.9 Å². The first-order valence-corrected chi connectivity index (χ1v) is 5.80. The molecule has 2 unspecified atom stereocenters. The number of nitrogens with one attached hydrogen (secondary N) is 1. The quantitative estimate of drug-likeness (QED) is 0.755. The minimum Gasteiger partial charge on any atom is -0.306 e. The molecule has 1 N–H and O–H groups in total. The van der Waals surface area contributed by atoms with Crippen LogP contribution in [0.1, 0.15) is 37.0 Å². The molecule has 1 heterocycles. The Hall–Kier alpha value is -0.670.